The van der Waals surface area contributed by atoms with Crippen molar-refractivity contribution in [3.63, 3.8) is 0 Å². The van der Waals surface area contributed by atoms with Gasteiger partial charge in [0.25, 0.3) is 0 Å². The minimum atomic E-state index is -0.0814. The van der Waals surface area contributed by atoms with Crippen LogP contribution >= 0.6 is 0 Å². The highest BCUT2D eigenvalue weighted by molar-refractivity contribution is 5.72. The molecule has 10 heavy (non-hydrogen) atoms. The number of rotatable bonds is 2. The van der Waals surface area contributed by atoms with E-state index in [0.29, 0.717) is 6.67 Å². The maximum atomic E-state index is 10.4. The molecular weight excluding hydrogens is 134 g/mol. The third-order valence-corrected chi connectivity index (χ3v) is 0.929. The smallest absolute Gasteiger partial charge is 0.218 e. The summed E-state index contributed by atoms with van der Waals surface area (Å²) in [5, 5.41) is 4.10. The minimum Gasteiger partial charge on any atom is -0.383 e. The molecule has 0 saturated carbocycles. The van der Waals surface area contributed by atoms with Crippen molar-refractivity contribution in [1.82, 2.24) is 15.9 Å². The van der Waals surface area contributed by atoms with E-state index in [1.165, 1.54) is 6.92 Å². The number of nitrogens with zero attached hydrogens (tertiary/aromatic N) is 1. The summed E-state index contributed by atoms with van der Waals surface area (Å²) in [6, 6.07) is 0. The van der Waals surface area contributed by atoms with Crippen LogP contribution < -0.4 is 10.9 Å². The first kappa shape index (κ1) is 6.88. The van der Waals surface area contributed by atoms with Crippen LogP contribution in [0.4, 0.5) is 0 Å². The molecule has 0 aliphatic carbocycles. The van der Waals surface area contributed by atoms with E-state index >= 15 is 0 Å². The fraction of sp³-hybridized carbons (Fsp3) is 0.400. The Labute approximate surface area is 58.6 Å². The molecule has 0 aromatic rings. The molecule has 0 bridgehead atoms. The van der Waals surface area contributed by atoms with Gasteiger partial charge in [-0.1, -0.05) is 5.59 Å². The molecule has 1 rings (SSSR count). The number of nitrogens with one attached hydrogen (secondary N) is 2. The summed E-state index contributed by atoms with van der Waals surface area (Å²) in [6.45, 7) is 1.83. The van der Waals surface area contributed by atoms with Crippen LogP contribution in [-0.2, 0) is 9.63 Å². The highest BCUT2D eigenvalue weighted by Crippen LogP contribution is 1.89. The molecule has 0 atom stereocenters. The number of carbonyl (C=O) groups excluding carboxylic acids is 1. The van der Waals surface area contributed by atoms with E-state index in [1.807, 2.05) is 0 Å². The van der Waals surface area contributed by atoms with E-state index in [1.54, 1.807) is 11.2 Å². The molecule has 5 heteroatoms. The molecule has 1 heterocycles. The van der Waals surface area contributed by atoms with Crippen LogP contribution in [-0.4, -0.2) is 17.6 Å². The van der Waals surface area contributed by atoms with Gasteiger partial charge in [0.15, 0.2) is 0 Å². The molecule has 1 amide bonds. The van der Waals surface area contributed by atoms with E-state index in [-0.39, 0.29) is 5.91 Å². The standard InChI is InChI=1S/C5H8N3O2/c1-5(9)6-4-8-2-3-10-7-8/h2,7H,4H2,1H3,(H,6,9). The van der Waals surface area contributed by atoms with E-state index in [4.69, 9.17) is 0 Å². The Balaban J connectivity index is 2.13. The number of amides is 1. The molecule has 0 unspecified atom stereocenters. The first-order valence-corrected chi connectivity index (χ1v) is 2.80. The molecule has 0 aromatic heterocycles. The van der Waals surface area contributed by atoms with Gasteiger partial charge in [-0.3, -0.25) is 9.80 Å². The molecule has 0 spiro atoms. The Hall–Kier alpha value is -1.23. The van der Waals surface area contributed by atoms with Gasteiger partial charge in [0.1, 0.15) is 6.67 Å². The predicted octanol–water partition coefficient (Wildman–Crippen LogP) is -0.894. The average molecular weight is 142 g/mol. The lowest BCUT2D eigenvalue weighted by Crippen LogP contribution is -2.38. The van der Waals surface area contributed by atoms with Crippen molar-refractivity contribution in [3.8, 4) is 0 Å². The van der Waals surface area contributed by atoms with E-state index in [2.05, 4.69) is 22.0 Å². The van der Waals surface area contributed by atoms with Crippen molar-refractivity contribution in [3.05, 3.63) is 12.5 Å². The normalized spacial score (nSPS) is 15.1. The quantitative estimate of drug-likeness (QED) is 0.525. The summed E-state index contributed by atoms with van der Waals surface area (Å²) in [5.41, 5.74) is 2.46. The second-order valence-corrected chi connectivity index (χ2v) is 1.80. The zero-order valence-corrected chi connectivity index (χ0v) is 5.55. The summed E-state index contributed by atoms with van der Waals surface area (Å²) in [4.78, 5) is 14.9. The van der Waals surface area contributed by atoms with Crippen molar-refractivity contribution in [2.75, 3.05) is 6.67 Å². The van der Waals surface area contributed by atoms with Crippen LogP contribution in [0.3, 0.4) is 0 Å². The fourth-order valence-electron chi connectivity index (χ4n) is 0.476. The van der Waals surface area contributed by atoms with Gasteiger partial charge < -0.3 is 10.2 Å². The molecular formula is C5H8N3O2. The van der Waals surface area contributed by atoms with Gasteiger partial charge in [-0.2, -0.15) is 0 Å². The monoisotopic (exact) mass is 142 g/mol. The van der Waals surface area contributed by atoms with E-state index in [9.17, 15) is 4.79 Å². The lowest BCUT2D eigenvalue weighted by molar-refractivity contribution is -0.120. The van der Waals surface area contributed by atoms with Gasteiger partial charge in [-0.05, 0) is 0 Å². The summed E-state index contributed by atoms with van der Waals surface area (Å²) >= 11 is 0. The Morgan fingerprint density at radius 3 is 3.30 bits per heavy atom. The average Bonchev–Trinajstić information content (AvgIpc) is 2.34. The van der Waals surface area contributed by atoms with Crippen LogP contribution in [0.25, 0.3) is 0 Å². The largest absolute Gasteiger partial charge is 0.383 e. The van der Waals surface area contributed by atoms with Gasteiger partial charge in [0.2, 0.25) is 12.2 Å². The molecule has 1 aliphatic rings. The third kappa shape index (κ3) is 1.94. The van der Waals surface area contributed by atoms with Crippen molar-refractivity contribution in [2.45, 2.75) is 6.92 Å². The maximum Gasteiger partial charge on any atom is 0.218 e. The van der Waals surface area contributed by atoms with Crippen LogP contribution in [0.2, 0.25) is 0 Å². The first-order chi connectivity index (χ1) is 4.79. The maximum absolute atomic E-state index is 10.4. The lowest BCUT2D eigenvalue weighted by atomic mass is 10.7. The summed E-state index contributed by atoms with van der Waals surface area (Å²) < 4.78 is 0. The Kier molecular flexibility index (Phi) is 2.11. The van der Waals surface area contributed by atoms with Gasteiger partial charge >= 0.3 is 0 Å². The summed E-state index contributed by atoms with van der Waals surface area (Å²) in [6.07, 6.45) is 3.99. The molecule has 0 fully saturated rings. The number of hydrogen-bond donors (Lipinski definition) is 2. The van der Waals surface area contributed by atoms with Crippen molar-refractivity contribution in [2.24, 2.45) is 0 Å². The topological polar surface area (TPSA) is 53.6 Å². The van der Waals surface area contributed by atoms with Gasteiger partial charge in [-0.15, -0.1) is 0 Å². The van der Waals surface area contributed by atoms with Crippen LogP contribution in [0, 0.1) is 6.26 Å². The fourth-order valence-corrected chi connectivity index (χ4v) is 0.476. The molecule has 1 radical (unpaired) electrons. The molecule has 1 aliphatic heterocycles. The SMILES string of the molecule is CC(=O)NCN1C=[C]ON1. The van der Waals surface area contributed by atoms with Crippen molar-refractivity contribution in [1.29, 1.82) is 0 Å². The van der Waals surface area contributed by atoms with Gasteiger partial charge in [0.05, 0.1) is 6.20 Å². The number of hydrazine groups is 1. The summed E-state index contributed by atoms with van der Waals surface area (Å²) in [5.74, 6) is -0.0814. The second-order valence-electron chi connectivity index (χ2n) is 1.80. The van der Waals surface area contributed by atoms with Crippen LogP contribution in [0.1, 0.15) is 6.92 Å². The molecule has 0 aromatic carbocycles. The van der Waals surface area contributed by atoms with Gasteiger partial charge in [0, 0.05) is 6.92 Å². The summed E-state index contributed by atoms with van der Waals surface area (Å²) in [7, 11) is 0. The number of hydrogen-bond acceptors (Lipinski definition) is 4. The Morgan fingerprint density at radius 1 is 2.00 bits per heavy atom. The van der Waals surface area contributed by atoms with E-state index in [0.717, 1.165) is 0 Å². The minimum absolute atomic E-state index is 0.0814. The van der Waals surface area contributed by atoms with Crippen LogP contribution in [0.5, 0.6) is 0 Å². The highest BCUT2D eigenvalue weighted by Gasteiger charge is 2.03. The first-order valence-electron chi connectivity index (χ1n) is 2.80. The van der Waals surface area contributed by atoms with Crippen LogP contribution in [0.15, 0.2) is 6.20 Å². The Bertz CT molecular complexity index is 157. The third-order valence-electron chi connectivity index (χ3n) is 0.929. The van der Waals surface area contributed by atoms with Crippen molar-refractivity contribution >= 4 is 5.91 Å². The molecule has 5 nitrogen and oxygen atoms in total. The predicted molar refractivity (Wildman–Crippen MR) is 32.6 cm³/mol. The lowest BCUT2D eigenvalue weighted by Gasteiger charge is -2.12. The number of carbonyl (C=O) groups is 1. The van der Waals surface area contributed by atoms with Crippen molar-refractivity contribution < 1.29 is 9.63 Å². The Morgan fingerprint density at radius 2 is 2.80 bits per heavy atom. The zero-order chi connectivity index (χ0) is 7.40. The molecule has 55 valence electrons. The highest BCUT2D eigenvalue weighted by atomic mass is 16.7. The molecule has 2 N–H and O–H groups in total. The van der Waals surface area contributed by atoms with E-state index < -0.39 is 0 Å². The van der Waals surface area contributed by atoms with Gasteiger partial charge in [-0.25, -0.2) is 0 Å². The second kappa shape index (κ2) is 3.07. The zero-order valence-electron chi connectivity index (χ0n) is 5.55. The molecule has 0 saturated heterocycles.